The molecular formula is C19H19BrFNO6S. The normalized spacial score (nSPS) is 14.0. The predicted octanol–water partition coefficient (Wildman–Crippen LogP) is 2.57. The van der Waals surface area contributed by atoms with Gasteiger partial charge in [-0.3, -0.25) is 4.79 Å². The van der Waals surface area contributed by atoms with Gasteiger partial charge in [-0.15, -0.1) is 0 Å². The Hall–Kier alpha value is -2.17. The number of hydrogen-bond donors (Lipinski definition) is 4. The Morgan fingerprint density at radius 1 is 1.24 bits per heavy atom. The van der Waals surface area contributed by atoms with Gasteiger partial charge in [0.05, 0.1) is 12.4 Å². The van der Waals surface area contributed by atoms with Crippen molar-refractivity contribution in [1.29, 1.82) is 0 Å². The molecule has 10 heteroatoms. The fourth-order valence-corrected chi connectivity index (χ4v) is 5.01. The Morgan fingerprint density at radius 2 is 1.93 bits per heavy atom. The summed E-state index contributed by atoms with van der Waals surface area (Å²) in [7, 11) is -4.12. The quantitative estimate of drug-likeness (QED) is 0.475. The minimum Gasteiger partial charge on any atom is -0.507 e. The number of benzene rings is 2. The maximum Gasteiger partial charge on any atom is 0.258 e. The summed E-state index contributed by atoms with van der Waals surface area (Å²) in [6, 6.07) is 5.17. The molecule has 1 aliphatic rings. The molecule has 1 amide bonds. The monoisotopic (exact) mass is 487 g/mol. The van der Waals surface area contributed by atoms with Crippen molar-refractivity contribution in [1.82, 2.24) is 5.32 Å². The van der Waals surface area contributed by atoms with E-state index >= 15 is 0 Å². The molecule has 7 nitrogen and oxygen atoms in total. The first-order valence-electron chi connectivity index (χ1n) is 8.80. The average Bonchev–Trinajstić information content (AvgIpc) is 3.49. The summed E-state index contributed by atoms with van der Waals surface area (Å²) in [5, 5.41) is 31.6. The van der Waals surface area contributed by atoms with Crippen molar-refractivity contribution in [3.8, 4) is 11.5 Å². The molecule has 156 valence electrons. The van der Waals surface area contributed by atoms with Crippen molar-refractivity contribution in [3.63, 3.8) is 0 Å². The zero-order chi connectivity index (χ0) is 21.3. The fraction of sp³-hybridized carbons (Fsp3) is 0.316. The molecule has 4 N–H and O–H groups in total. The highest BCUT2D eigenvalue weighted by Crippen LogP contribution is 2.45. The van der Waals surface area contributed by atoms with E-state index in [-0.39, 0.29) is 35.1 Å². The van der Waals surface area contributed by atoms with E-state index in [1.165, 1.54) is 24.3 Å². The van der Waals surface area contributed by atoms with Crippen molar-refractivity contribution in [3.05, 3.63) is 51.2 Å². The molecule has 0 bridgehead atoms. The average molecular weight is 488 g/mol. The highest BCUT2D eigenvalue weighted by molar-refractivity contribution is 9.10. The first kappa shape index (κ1) is 21.5. The lowest BCUT2D eigenvalue weighted by Crippen LogP contribution is -2.28. The zero-order valence-electron chi connectivity index (χ0n) is 15.2. The fourth-order valence-electron chi connectivity index (χ4n) is 3.01. The summed E-state index contributed by atoms with van der Waals surface area (Å²) in [5.74, 6) is -3.96. The lowest BCUT2D eigenvalue weighted by atomic mass is 10.00. The topological polar surface area (TPSA) is 124 Å². The molecule has 1 fully saturated rings. The molecule has 3 rings (SSSR count). The van der Waals surface area contributed by atoms with E-state index in [4.69, 9.17) is 5.11 Å². The van der Waals surface area contributed by atoms with E-state index < -0.39 is 44.4 Å². The number of amides is 1. The van der Waals surface area contributed by atoms with Crippen molar-refractivity contribution < 1.29 is 32.9 Å². The van der Waals surface area contributed by atoms with Crippen LogP contribution >= 0.6 is 15.9 Å². The molecule has 0 spiro atoms. The van der Waals surface area contributed by atoms with Crippen molar-refractivity contribution in [2.75, 3.05) is 13.2 Å². The second kappa shape index (κ2) is 8.29. The minimum absolute atomic E-state index is 0.137. The molecule has 1 saturated carbocycles. The second-order valence-electron chi connectivity index (χ2n) is 6.79. The Morgan fingerprint density at radius 3 is 2.55 bits per heavy atom. The van der Waals surface area contributed by atoms with Gasteiger partial charge in [-0.25, -0.2) is 12.8 Å². The molecule has 0 aromatic heterocycles. The largest absolute Gasteiger partial charge is 0.507 e. The third-order valence-electron chi connectivity index (χ3n) is 4.59. The first-order valence-corrected chi connectivity index (χ1v) is 11.2. The summed E-state index contributed by atoms with van der Waals surface area (Å²) in [6.07, 6.45) is 1.38. The van der Waals surface area contributed by atoms with Gasteiger partial charge in [0.15, 0.2) is 9.84 Å². The standard InChI is InChI=1S/C19H19BrFNO6S/c20-12-3-4-14(24)15(8-12)29(27,28)9-11-7-13(10-1-2-10)17(21)16(18(11)25)19(26)22-5-6-23/h3-4,7-8,10,23-25H,1-2,5-6,9H2,(H,22,26). The summed E-state index contributed by atoms with van der Waals surface area (Å²) < 4.78 is 41.0. The highest BCUT2D eigenvalue weighted by atomic mass is 79.9. The minimum atomic E-state index is -4.12. The van der Waals surface area contributed by atoms with Crippen LogP contribution in [0.15, 0.2) is 33.6 Å². The van der Waals surface area contributed by atoms with E-state index in [0.29, 0.717) is 17.3 Å². The van der Waals surface area contributed by atoms with Gasteiger partial charge in [0.2, 0.25) is 0 Å². The van der Waals surface area contributed by atoms with Crippen LogP contribution in [0.2, 0.25) is 0 Å². The van der Waals surface area contributed by atoms with Gasteiger partial charge in [0.25, 0.3) is 5.91 Å². The Kier molecular flexibility index (Phi) is 6.16. The van der Waals surface area contributed by atoms with Gasteiger partial charge >= 0.3 is 0 Å². The maximum absolute atomic E-state index is 14.9. The highest BCUT2D eigenvalue weighted by Gasteiger charge is 2.33. The van der Waals surface area contributed by atoms with Crippen LogP contribution in [0.4, 0.5) is 4.39 Å². The Balaban J connectivity index is 2.08. The van der Waals surface area contributed by atoms with E-state index in [2.05, 4.69) is 21.2 Å². The number of phenolic OH excluding ortho intramolecular Hbond substituents is 2. The van der Waals surface area contributed by atoms with Crippen LogP contribution in [0.25, 0.3) is 0 Å². The van der Waals surface area contributed by atoms with Gasteiger partial charge in [-0.2, -0.15) is 0 Å². The van der Waals surface area contributed by atoms with Crippen molar-refractivity contribution >= 4 is 31.7 Å². The van der Waals surface area contributed by atoms with Crippen LogP contribution in [0.3, 0.4) is 0 Å². The molecule has 2 aromatic carbocycles. The molecule has 0 atom stereocenters. The molecular weight excluding hydrogens is 469 g/mol. The van der Waals surface area contributed by atoms with Gasteiger partial charge < -0.3 is 20.6 Å². The number of carbonyl (C=O) groups excluding carboxylic acids is 1. The molecule has 0 radical (unpaired) electrons. The summed E-state index contributed by atoms with van der Waals surface area (Å²) in [6.45, 7) is -0.523. The number of aliphatic hydroxyl groups is 1. The zero-order valence-corrected chi connectivity index (χ0v) is 17.6. The van der Waals surface area contributed by atoms with Crippen LogP contribution in [-0.2, 0) is 15.6 Å². The van der Waals surface area contributed by atoms with Crippen molar-refractivity contribution in [2.24, 2.45) is 0 Å². The number of aliphatic hydroxyl groups excluding tert-OH is 1. The van der Waals surface area contributed by atoms with Crippen molar-refractivity contribution in [2.45, 2.75) is 29.4 Å². The van der Waals surface area contributed by atoms with Crippen LogP contribution < -0.4 is 5.32 Å². The smallest absolute Gasteiger partial charge is 0.258 e. The number of rotatable bonds is 7. The number of hydrogen-bond acceptors (Lipinski definition) is 6. The maximum atomic E-state index is 14.9. The van der Waals surface area contributed by atoms with Crippen LogP contribution in [-0.4, -0.2) is 42.8 Å². The number of aromatic hydroxyl groups is 2. The van der Waals surface area contributed by atoms with E-state index in [0.717, 1.165) is 0 Å². The predicted molar refractivity (Wildman–Crippen MR) is 106 cm³/mol. The van der Waals surface area contributed by atoms with Gasteiger partial charge in [0, 0.05) is 16.6 Å². The van der Waals surface area contributed by atoms with E-state index in [9.17, 15) is 27.8 Å². The third kappa shape index (κ3) is 4.54. The van der Waals surface area contributed by atoms with Gasteiger partial charge in [-0.1, -0.05) is 15.9 Å². The lowest BCUT2D eigenvalue weighted by molar-refractivity contribution is 0.0937. The summed E-state index contributed by atoms with van der Waals surface area (Å²) in [5.41, 5.74) is -0.617. The molecule has 0 aliphatic heterocycles. The van der Waals surface area contributed by atoms with Gasteiger partial charge in [-0.05, 0) is 48.6 Å². The van der Waals surface area contributed by atoms with Gasteiger partial charge in [0.1, 0.15) is 27.8 Å². The SMILES string of the molecule is O=C(NCCO)c1c(O)c(CS(=O)(=O)c2cc(Br)ccc2O)cc(C2CC2)c1F. The number of sulfone groups is 1. The number of halogens is 2. The second-order valence-corrected chi connectivity index (χ2v) is 9.66. The van der Waals surface area contributed by atoms with Crippen LogP contribution in [0.5, 0.6) is 11.5 Å². The lowest BCUT2D eigenvalue weighted by Gasteiger charge is -2.15. The number of carbonyl (C=O) groups is 1. The Bertz CT molecular complexity index is 1070. The summed E-state index contributed by atoms with van der Waals surface area (Å²) in [4.78, 5) is 12.0. The van der Waals surface area contributed by atoms with Crippen LogP contribution in [0.1, 0.15) is 40.2 Å². The molecule has 1 aliphatic carbocycles. The molecule has 29 heavy (non-hydrogen) atoms. The molecule has 0 saturated heterocycles. The number of phenols is 2. The van der Waals surface area contributed by atoms with E-state index in [1.807, 2.05) is 0 Å². The Labute approximate surface area is 175 Å². The summed E-state index contributed by atoms with van der Waals surface area (Å²) >= 11 is 3.14. The van der Waals surface area contributed by atoms with E-state index in [1.54, 1.807) is 0 Å². The van der Waals surface area contributed by atoms with Crippen LogP contribution in [0, 0.1) is 5.82 Å². The molecule has 0 unspecified atom stereocenters. The number of nitrogens with one attached hydrogen (secondary N) is 1. The molecule has 2 aromatic rings. The third-order valence-corrected chi connectivity index (χ3v) is 6.77. The molecule has 0 heterocycles. The first-order chi connectivity index (χ1) is 13.7.